The van der Waals surface area contributed by atoms with Gasteiger partial charge in [0.25, 0.3) is 0 Å². The summed E-state index contributed by atoms with van der Waals surface area (Å²) in [5.74, 6) is 2.32. The first-order valence-electron chi connectivity index (χ1n) is 4.70. The molecule has 0 bridgehead atoms. The summed E-state index contributed by atoms with van der Waals surface area (Å²) < 4.78 is 0. The van der Waals surface area contributed by atoms with Crippen molar-refractivity contribution in [2.24, 2.45) is 5.92 Å². The molecule has 1 aliphatic carbocycles. The van der Waals surface area contributed by atoms with Gasteiger partial charge in [0.2, 0.25) is 0 Å². The normalized spacial score (nSPS) is 31.9. The lowest BCUT2D eigenvalue weighted by molar-refractivity contribution is 0.581. The molecule has 0 fully saturated rings. The Balaban J connectivity index is 2.12. The van der Waals surface area contributed by atoms with Gasteiger partial charge in [0, 0.05) is 5.75 Å². The summed E-state index contributed by atoms with van der Waals surface area (Å²) in [4.78, 5) is 1.76. The molecule has 0 aromatic carbocycles. The first-order chi connectivity index (χ1) is 5.36. The quantitative estimate of drug-likeness (QED) is 0.532. The maximum Gasteiger partial charge on any atom is 0.000557 e. The van der Waals surface area contributed by atoms with Crippen molar-refractivity contribution in [2.45, 2.75) is 39.0 Å². The van der Waals surface area contributed by atoms with Gasteiger partial charge in [0.05, 0.1) is 0 Å². The molecule has 1 atom stereocenters. The Morgan fingerprint density at radius 2 is 2.09 bits per heavy atom. The zero-order valence-electron chi connectivity index (χ0n) is 7.23. The maximum atomic E-state index is 2.38. The highest BCUT2D eigenvalue weighted by molar-refractivity contribution is 8.03. The topological polar surface area (TPSA) is 0 Å². The molecule has 0 amide bonds. The fourth-order valence-corrected chi connectivity index (χ4v) is 3.33. The Kier molecular flexibility index (Phi) is 2.26. The largest absolute Gasteiger partial charge is 0.130 e. The average Bonchev–Trinajstić information content (AvgIpc) is 2.04. The molecule has 0 saturated carbocycles. The van der Waals surface area contributed by atoms with Crippen LogP contribution in [0.1, 0.15) is 39.0 Å². The van der Waals surface area contributed by atoms with E-state index >= 15 is 0 Å². The first kappa shape index (κ1) is 7.72. The van der Waals surface area contributed by atoms with Crippen molar-refractivity contribution < 1.29 is 0 Å². The Morgan fingerprint density at radius 1 is 1.27 bits per heavy atom. The fourth-order valence-electron chi connectivity index (χ4n) is 2.05. The molecule has 62 valence electrons. The van der Waals surface area contributed by atoms with Crippen molar-refractivity contribution in [1.82, 2.24) is 0 Å². The van der Waals surface area contributed by atoms with Crippen LogP contribution in [-0.2, 0) is 0 Å². The van der Waals surface area contributed by atoms with Gasteiger partial charge in [0.15, 0.2) is 0 Å². The molecule has 0 spiro atoms. The minimum Gasteiger partial charge on any atom is -0.130 e. The Bertz CT molecular complexity index is 181. The molecule has 1 aliphatic heterocycles. The zero-order valence-corrected chi connectivity index (χ0v) is 8.04. The van der Waals surface area contributed by atoms with Crippen LogP contribution in [0.25, 0.3) is 0 Å². The van der Waals surface area contributed by atoms with Crippen molar-refractivity contribution in [1.29, 1.82) is 0 Å². The van der Waals surface area contributed by atoms with E-state index in [4.69, 9.17) is 0 Å². The molecular weight excluding hydrogens is 152 g/mol. The molecule has 1 unspecified atom stereocenters. The molecule has 2 aliphatic rings. The van der Waals surface area contributed by atoms with E-state index in [0.29, 0.717) is 0 Å². The summed E-state index contributed by atoms with van der Waals surface area (Å²) in [6.07, 6.45) is 7.11. The predicted octanol–water partition coefficient (Wildman–Crippen LogP) is 3.59. The van der Waals surface area contributed by atoms with Crippen LogP contribution in [0.4, 0.5) is 0 Å². The van der Waals surface area contributed by atoms with Gasteiger partial charge in [-0.25, -0.2) is 0 Å². The van der Waals surface area contributed by atoms with Crippen LogP contribution >= 0.6 is 11.8 Å². The lowest BCUT2D eigenvalue weighted by atomic mass is 9.92. The van der Waals surface area contributed by atoms with Gasteiger partial charge in [-0.1, -0.05) is 12.5 Å². The molecule has 0 N–H and O–H groups in total. The molecule has 0 nitrogen and oxygen atoms in total. The number of hydrogen-bond donors (Lipinski definition) is 0. The summed E-state index contributed by atoms with van der Waals surface area (Å²) in [6.45, 7) is 2.38. The summed E-state index contributed by atoms with van der Waals surface area (Å²) in [6, 6.07) is 0. The van der Waals surface area contributed by atoms with E-state index in [2.05, 4.69) is 18.7 Å². The summed E-state index contributed by atoms with van der Waals surface area (Å²) in [7, 11) is 0. The van der Waals surface area contributed by atoms with Crippen LogP contribution in [0.2, 0.25) is 0 Å². The molecule has 1 heterocycles. The minimum absolute atomic E-state index is 0.942. The second kappa shape index (κ2) is 3.22. The third kappa shape index (κ3) is 1.64. The maximum absolute atomic E-state index is 2.38. The lowest BCUT2D eigenvalue weighted by Crippen LogP contribution is -2.10. The molecule has 0 aromatic rings. The molecule has 0 saturated heterocycles. The second-order valence-electron chi connectivity index (χ2n) is 3.85. The van der Waals surface area contributed by atoms with Gasteiger partial charge >= 0.3 is 0 Å². The Labute approximate surface area is 73.4 Å². The van der Waals surface area contributed by atoms with E-state index in [1.165, 1.54) is 37.9 Å². The number of allylic oxidation sites excluding steroid dienone is 2. The van der Waals surface area contributed by atoms with Crippen LogP contribution in [0.15, 0.2) is 10.5 Å². The minimum atomic E-state index is 0.942. The van der Waals surface area contributed by atoms with Crippen molar-refractivity contribution in [3.63, 3.8) is 0 Å². The van der Waals surface area contributed by atoms with E-state index < -0.39 is 0 Å². The second-order valence-corrected chi connectivity index (χ2v) is 4.97. The van der Waals surface area contributed by atoms with E-state index in [1.54, 1.807) is 10.5 Å². The van der Waals surface area contributed by atoms with Crippen LogP contribution in [0.5, 0.6) is 0 Å². The number of hydrogen-bond acceptors (Lipinski definition) is 1. The number of thioether (sulfide) groups is 1. The third-order valence-corrected chi connectivity index (χ3v) is 4.24. The SMILES string of the molecule is CC1CSC2=C(CCCC2)C1. The Hall–Kier alpha value is 0.0900. The summed E-state index contributed by atoms with van der Waals surface area (Å²) in [5, 5.41) is 0. The molecule has 0 radical (unpaired) electrons. The van der Waals surface area contributed by atoms with Crippen molar-refractivity contribution in [3.8, 4) is 0 Å². The van der Waals surface area contributed by atoms with Gasteiger partial charge in [-0.05, 0) is 42.9 Å². The third-order valence-electron chi connectivity index (χ3n) is 2.66. The van der Waals surface area contributed by atoms with Crippen molar-refractivity contribution in [3.05, 3.63) is 10.5 Å². The van der Waals surface area contributed by atoms with Gasteiger partial charge in [0.1, 0.15) is 0 Å². The van der Waals surface area contributed by atoms with Crippen molar-refractivity contribution >= 4 is 11.8 Å². The molecular formula is C10H16S. The van der Waals surface area contributed by atoms with E-state index in [1.807, 2.05) is 0 Å². The van der Waals surface area contributed by atoms with Gasteiger partial charge in [-0.15, -0.1) is 11.8 Å². The molecule has 1 heteroatoms. The highest BCUT2D eigenvalue weighted by Crippen LogP contribution is 2.41. The van der Waals surface area contributed by atoms with Crippen LogP contribution < -0.4 is 0 Å². The highest BCUT2D eigenvalue weighted by atomic mass is 32.2. The summed E-state index contributed by atoms with van der Waals surface area (Å²) in [5.41, 5.74) is 1.81. The smallest absolute Gasteiger partial charge is 0.000557 e. The van der Waals surface area contributed by atoms with Crippen molar-refractivity contribution in [2.75, 3.05) is 5.75 Å². The average molecular weight is 168 g/mol. The van der Waals surface area contributed by atoms with Gasteiger partial charge < -0.3 is 0 Å². The van der Waals surface area contributed by atoms with Crippen LogP contribution in [-0.4, -0.2) is 5.75 Å². The monoisotopic (exact) mass is 168 g/mol. The summed E-state index contributed by atoms with van der Waals surface area (Å²) >= 11 is 2.13. The standard InChI is InChI=1S/C10H16S/c1-8-6-9-4-2-3-5-10(9)11-7-8/h8H,2-7H2,1H3. The van der Waals surface area contributed by atoms with Gasteiger partial charge in [-0.2, -0.15) is 0 Å². The number of rotatable bonds is 0. The molecule has 2 rings (SSSR count). The lowest BCUT2D eigenvalue weighted by Gasteiger charge is -2.27. The first-order valence-corrected chi connectivity index (χ1v) is 5.68. The van der Waals surface area contributed by atoms with Gasteiger partial charge in [-0.3, -0.25) is 0 Å². The molecule has 11 heavy (non-hydrogen) atoms. The van der Waals surface area contributed by atoms with E-state index in [-0.39, 0.29) is 0 Å². The predicted molar refractivity (Wildman–Crippen MR) is 51.7 cm³/mol. The highest BCUT2D eigenvalue weighted by Gasteiger charge is 2.20. The molecule has 0 aromatic heterocycles. The Morgan fingerprint density at radius 3 is 3.00 bits per heavy atom. The van der Waals surface area contributed by atoms with E-state index in [0.717, 1.165) is 5.92 Å². The van der Waals surface area contributed by atoms with Crippen LogP contribution in [0.3, 0.4) is 0 Å². The van der Waals surface area contributed by atoms with Crippen LogP contribution in [0, 0.1) is 5.92 Å². The fraction of sp³-hybridized carbons (Fsp3) is 0.800. The van der Waals surface area contributed by atoms with E-state index in [9.17, 15) is 0 Å². The zero-order chi connectivity index (χ0) is 7.68.